The van der Waals surface area contributed by atoms with Crippen molar-refractivity contribution < 1.29 is 74.9 Å². The molecular formula is H7AlFLiNaO4P. The molecule has 4 nitrogen and oxygen atoms in total. The van der Waals surface area contributed by atoms with Crippen LogP contribution in [0.5, 0.6) is 0 Å². The zero-order chi connectivity index (χ0) is 5.21. The topological polar surface area (TPSA) is 66.8 Å². The third-order valence-electron chi connectivity index (χ3n) is 0.0899. The van der Waals surface area contributed by atoms with Crippen molar-refractivity contribution in [1.29, 1.82) is 0 Å². The molecule has 9 heavy (non-hydrogen) atoms. The van der Waals surface area contributed by atoms with Gasteiger partial charge in [-0.15, -0.1) is 0 Å². The SMILES string of the molecule is O=P(O)(O)OF.[AlH3].[H-].[H-].[Li+].[Na+]. The number of hydrogen-bond donors (Lipinski definition) is 2. The molecule has 0 heterocycles. The number of hydrogen-bond acceptors (Lipinski definition) is 2. The maximum atomic E-state index is 10.2. The molecule has 0 aliphatic carbocycles. The summed E-state index contributed by atoms with van der Waals surface area (Å²) in [5.41, 5.74) is 0. The van der Waals surface area contributed by atoms with Crippen LogP contribution in [-0.4, -0.2) is 27.1 Å². The van der Waals surface area contributed by atoms with E-state index >= 15 is 0 Å². The first kappa shape index (κ1) is 22.5. The third kappa shape index (κ3) is 25.4. The van der Waals surface area contributed by atoms with Crippen molar-refractivity contribution in [3.8, 4) is 0 Å². The van der Waals surface area contributed by atoms with Crippen LogP contribution in [0.1, 0.15) is 2.85 Å². The van der Waals surface area contributed by atoms with Crippen molar-refractivity contribution in [1.82, 2.24) is 0 Å². The summed E-state index contributed by atoms with van der Waals surface area (Å²) in [4.78, 5) is 14.7. The van der Waals surface area contributed by atoms with Gasteiger partial charge in [-0.1, -0.05) is 4.73 Å². The molecule has 0 aliphatic heterocycles. The Bertz CT molecular complexity index is 92.2. The largest absolute Gasteiger partial charge is 1.00 e. The van der Waals surface area contributed by atoms with Gasteiger partial charge in [0, 0.05) is 0 Å². The van der Waals surface area contributed by atoms with Gasteiger partial charge in [0.1, 0.15) is 0 Å². The summed E-state index contributed by atoms with van der Waals surface area (Å²) in [6.45, 7) is 0. The van der Waals surface area contributed by atoms with Crippen LogP contribution in [0.25, 0.3) is 0 Å². The smallest absolute Gasteiger partial charge is 1.00 e. The molecular weight excluding hydrogens is 171 g/mol. The maximum Gasteiger partial charge on any atom is 1.00 e. The van der Waals surface area contributed by atoms with Gasteiger partial charge in [0.25, 0.3) is 0 Å². The Morgan fingerprint density at radius 3 is 1.67 bits per heavy atom. The van der Waals surface area contributed by atoms with Gasteiger partial charge in [-0.3, -0.25) is 0 Å². The van der Waals surface area contributed by atoms with Gasteiger partial charge in [-0.2, -0.15) is 0 Å². The van der Waals surface area contributed by atoms with Crippen molar-refractivity contribution >= 4 is 25.2 Å². The minimum Gasteiger partial charge on any atom is -1.00 e. The van der Waals surface area contributed by atoms with E-state index < -0.39 is 7.82 Å². The molecule has 0 aromatic rings. The fourth-order valence-corrected chi connectivity index (χ4v) is 0. The summed E-state index contributed by atoms with van der Waals surface area (Å²) in [5, 5.41) is 0. The van der Waals surface area contributed by atoms with Gasteiger partial charge in [-0.25, -0.2) is 4.57 Å². The second-order valence-electron chi connectivity index (χ2n) is 0.560. The average molecular weight is 178 g/mol. The van der Waals surface area contributed by atoms with Crippen molar-refractivity contribution in [2.24, 2.45) is 0 Å². The van der Waals surface area contributed by atoms with Crippen LogP contribution in [0.15, 0.2) is 0 Å². The van der Waals surface area contributed by atoms with Gasteiger partial charge >= 0.3 is 56.2 Å². The Hall–Kier alpha value is 2.17. The molecule has 48 valence electrons. The van der Waals surface area contributed by atoms with Crippen LogP contribution in [0.4, 0.5) is 4.53 Å². The van der Waals surface area contributed by atoms with Crippen LogP contribution in [0.2, 0.25) is 0 Å². The van der Waals surface area contributed by atoms with E-state index in [0.717, 1.165) is 0 Å². The van der Waals surface area contributed by atoms with Crippen molar-refractivity contribution in [3.05, 3.63) is 0 Å². The Balaban J connectivity index is -0.0000000125. The monoisotopic (exact) mass is 178 g/mol. The van der Waals surface area contributed by atoms with Gasteiger partial charge < -0.3 is 12.6 Å². The molecule has 0 aromatic heterocycles. The number of rotatable bonds is 1. The Labute approximate surface area is 99.2 Å². The molecule has 9 heteroatoms. The third-order valence-corrected chi connectivity index (χ3v) is 0.270. The van der Waals surface area contributed by atoms with Crippen molar-refractivity contribution in [2.75, 3.05) is 0 Å². The fraction of sp³-hybridized carbons (Fsp3) is 0. The molecule has 0 aromatic carbocycles. The van der Waals surface area contributed by atoms with E-state index in [1.54, 1.807) is 0 Å². The van der Waals surface area contributed by atoms with Crippen molar-refractivity contribution in [3.63, 3.8) is 0 Å². The molecule has 0 amide bonds. The molecule has 0 spiro atoms. The van der Waals surface area contributed by atoms with Crippen LogP contribution < -0.4 is 48.4 Å². The van der Waals surface area contributed by atoms with Crippen LogP contribution in [0, 0.1) is 0 Å². The van der Waals surface area contributed by atoms with E-state index in [2.05, 4.69) is 4.73 Å². The minimum atomic E-state index is -4.81. The van der Waals surface area contributed by atoms with Gasteiger partial charge in [0.15, 0.2) is 17.4 Å². The molecule has 0 rings (SSSR count). The normalized spacial score (nSPS) is 7.89. The van der Waals surface area contributed by atoms with Crippen molar-refractivity contribution in [2.45, 2.75) is 0 Å². The summed E-state index contributed by atoms with van der Waals surface area (Å²) in [6.07, 6.45) is 0. The average Bonchev–Trinajstić information content (AvgIpc) is 1.35. The van der Waals surface area contributed by atoms with Crippen LogP contribution in [-0.2, 0) is 9.29 Å². The first-order valence-corrected chi connectivity index (χ1v) is 2.45. The van der Waals surface area contributed by atoms with E-state index in [4.69, 9.17) is 14.4 Å². The molecule has 0 fully saturated rings. The quantitative estimate of drug-likeness (QED) is 0.309. The predicted octanol–water partition coefficient (Wildman–Crippen LogP) is -6.97. The first-order valence-electron chi connectivity index (χ1n) is 0.919. The molecule has 0 unspecified atom stereocenters. The maximum absolute atomic E-state index is 10.2. The van der Waals surface area contributed by atoms with Gasteiger partial charge in [0.2, 0.25) is 0 Å². The Kier molecular flexibility index (Phi) is 25.4. The van der Waals surface area contributed by atoms with E-state index in [0.29, 0.717) is 0 Å². The zero-order valence-corrected chi connectivity index (χ0v) is 7.43. The zero-order valence-electron chi connectivity index (χ0n) is 6.54. The molecule has 0 atom stereocenters. The second kappa shape index (κ2) is 10.2. The number of halogens is 1. The molecule has 0 saturated heterocycles. The molecule has 0 bridgehead atoms. The fourth-order valence-electron chi connectivity index (χ4n) is 0. The Morgan fingerprint density at radius 2 is 1.67 bits per heavy atom. The van der Waals surface area contributed by atoms with E-state index in [1.807, 2.05) is 0 Å². The summed E-state index contributed by atoms with van der Waals surface area (Å²) < 4.78 is 21.4. The standard InChI is InChI=1S/Al.FH2O4P.Li.Na.5H/c;1-5-6(2,3)4;;;;;;;/h;(H2,2,3,4);;;;;;;/q;;2*+1;;;;2*-1. The van der Waals surface area contributed by atoms with E-state index in [-0.39, 0.29) is 68.6 Å². The molecule has 0 radical (unpaired) electrons. The summed E-state index contributed by atoms with van der Waals surface area (Å²) in [7, 11) is -4.81. The van der Waals surface area contributed by atoms with E-state index in [1.165, 1.54) is 0 Å². The van der Waals surface area contributed by atoms with Crippen LogP contribution >= 0.6 is 7.82 Å². The summed E-state index contributed by atoms with van der Waals surface area (Å²) >= 11 is 0. The van der Waals surface area contributed by atoms with Gasteiger partial charge in [0.05, 0.1) is 0 Å². The van der Waals surface area contributed by atoms with Gasteiger partial charge in [-0.05, 0) is 4.53 Å². The van der Waals surface area contributed by atoms with E-state index in [9.17, 15) is 4.53 Å². The molecule has 2 N–H and O–H groups in total. The number of phosphoric acid groups is 1. The molecule has 0 aliphatic rings. The first-order chi connectivity index (χ1) is 2.56. The summed E-state index contributed by atoms with van der Waals surface area (Å²) in [6, 6.07) is 0. The second-order valence-corrected chi connectivity index (χ2v) is 1.68. The predicted molar refractivity (Wildman–Crippen MR) is 26.4 cm³/mol. The molecule has 0 saturated carbocycles. The Morgan fingerprint density at radius 1 is 1.56 bits per heavy atom. The van der Waals surface area contributed by atoms with Crippen LogP contribution in [0.3, 0.4) is 0 Å². The minimum absolute atomic E-state index is 0. The summed E-state index contributed by atoms with van der Waals surface area (Å²) in [5.74, 6) is 0.